The van der Waals surface area contributed by atoms with E-state index in [1.807, 2.05) is 17.0 Å². The van der Waals surface area contributed by atoms with E-state index >= 15 is 0 Å². The fourth-order valence-corrected chi connectivity index (χ4v) is 3.74. The predicted molar refractivity (Wildman–Crippen MR) is 84.9 cm³/mol. The van der Waals surface area contributed by atoms with Gasteiger partial charge in [-0.05, 0) is 61.4 Å². The van der Waals surface area contributed by atoms with Crippen LogP contribution in [-0.2, 0) is 12.8 Å². The molecule has 0 spiro atoms. The number of aryl methyl sites for hydroxylation is 2. The lowest BCUT2D eigenvalue weighted by molar-refractivity contribution is 0.0790. The predicted octanol–water partition coefficient (Wildman–Crippen LogP) is 2.92. The first-order valence-corrected chi connectivity index (χ1v) is 8.21. The highest BCUT2D eigenvalue weighted by Crippen LogP contribution is 2.28. The van der Waals surface area contributed by atoms with Crippen LogP contribution in [-0.4, -0.2) is 34.1 Å². The number of fused-ring (bicyclic) bond motifs is 1. The maximum absolute atomic E-state index is 12.7. The van der Waals surface area contributed by atoms with Crippen LogP contribution in [0.5, 0.6) is 0 Å². The Morgan fingerprint density at radius 1 is 1.18 bits per heavy atom. The van der Waals surface area contributed by atoms with Gasteiger partial charge in [-0.25, -0.2) is 0 Å². The number of amides is 1. The van der Waals surface area contributed by atoms with Gasteiger partial charge in [0, 0.05) is 36.5 Å². The minimum Gasteiger partial charge on any atom is -0.338 e. The molecule has 0 radical (unpaired) electrons. The molecule has 1 aromatic heterocycles. The van der Waals surface area contributed by atoms with Crippen LogP contribution in [0.15, 0.2) is 30.5 Å². The van der Waals surface area contributed by atoms with E-state index in [0.717, 1.165) is 43.6 Å². The van der Waals surface area contributed by atoms with Gasteiger partial charge in [0.1, 0.15) is 0 Å². The minimum atomic E-state index is 0.176. The van der Waals surface area contributed by atoms with Gasteiger partial charge in [-0.15, -0.1) is 0 Å². The van der Waals surface area contributed by atoms with Crippen molar-refractivity contribution in [2.45, 2.75) is 38.0 Å². The lowest BCUT2D eigenvalue weighted by atomic mass is 9.90. The largest absolute Gasteiger partial charge is 0.338 e. The smallest absolute Gasteiger partial charge is 0.253 e. The van der Waals surface area contributed by atoms with Gasteiger partial charge in [0.05, 0.1) is 0 Å². The molecule has 114 valence electrons. The molecular weight excluding hydrogens is 274 g/mol. The number of hydrogen-bond donors (Lipinski definition) is 1. The van der Waals surface area contributed by atoms with E-state index in [1.54, 1.807) is 6.20 Å². The molecule has 2 aliphatic rings. The summed E-state index contributed by atoms with van der Waals surface area (Å²) >= 11 is 0. The zero-order chi connectivity index (χ0) is 14.9. The number of aromatic nitrogens is 2. The summed E-state index contributed by atoms with van der Waals surface area (Å²) < 4.78 is 0. The van der Waals surface area contributed by atoms with Gasteiger partial charge in [0.15, 0.2) is 0 Å². The van der Waals surface area contributed by atoms with Crippen molar-refractivity contribution in [3.8, 4) is 0 Å². The summed E-state index contributed by atoms with van der Waals surface area (Å²) in [6.07, 6.45) is 7.60. The molecule has 4 nitrogen and oxygen atoms in total. The molecule has 1 aromatic carbocycles. The highest BCUT2D eigenvalue weighted by molar-refractivity contribution is 5.94. The third-order valence-corrected chi connectivity index (χ3v) is 5.03. The Balaban J connectivity index is 1.50. The summed E-state index contributed by atoms with van der Waals surface area (Å²) in [4.78, 5) is 14.7. The Kier molecular flexibility index (Phi) is 3.45. The van der Waals surface area contributed by atoms with Crippen LogP contribution in [0.1, 0.15) is 52.4 Å². The van der Waals surface area contributed by atoms with Crippen molar-refractivity contribution in [1.82, 2.24) is 15.1 Å². The number of rotatable bonds is 2. The third-order valence-electron chi connectivity index (χ3n) is 5.03. The summed E-state index contributed by atoms with van der Waals surface area (Å²) in [6.45, 7) is 1.62. The third kappa shape index (κ3) is 2.43. The van der Waals surface area contributed by atoms with E-state index in [4.69, 9.17) is 0 Å². The molecule has 1 saturated heterocycles. The maximum atomic E-state index is 12.7. The summed E-state index contributed by atoms with van der Waals surface area (Å²) in [5.74, 6) is 0.569. The van der Waals surface area contributed by atoms with Crippen LogP contribution in [0.4, 0.5) is 0 Å². The Morgan fingerprint density at radius 3 is 2.86 bits per heavy atom. The summed E-state index contributed by atoms with van der Waals surface area (Å²) in [5, 5.41) is 7.05. The fourth-order valence-electron chi connectivity index (χ4n) is 3.74. The van der Waals surface area contributed by atoms with E-state index in [0.29, 0.717) is 5.92 Å². The number of benzene rings is 1. The molecule has 2 aromatic rings. The molecule has 2 heterocycles. The summed E-state index contributed by atoms with van der Waals surface area (Å²) in [6, 6.07) is 8.30. The summed E-state index contributed by atoms with van der Waals surface area (Å²) in [5.41, 5.74) is 4.80. The topological polar surface area (TPSA) is 49.0 Å². The van der Waals surface area contributed by atoms with Crippen LogP contribution in [0, 0.1) is 0 Å². The van der Waals surface area contributed by atoms with Crippen molar-refractivity contribution in [3.63, 3.8) is 0 Å². The van der Waals surface area contributed by atoms with Gasteiger partial charge in [-0.2, -0.15) is 5.10 Å². The molecule has 1 N–H and O–H groups in total. The Bertz CT molecular complexity index is 678. The first kappa shape index (κ1) is 13.6. The van der Waals surface area contributed by atoms with Crippen molar-refractivity contribution in [2.75, 3.05) is 13.1 Å². The molecule has 0 bridgehead atoms. The van der Waals surface area contributed by atoms with Gasteiger partial charge in [0.25, 0.3) is 5.91 Å². The second kappa shape index (κ2) is 5.59. The molecular formula is C18H21N3O. The van der Waals surface area contributed by atoms with Crippen molar-refractivity contribution in [3.05, 3.63) is 52.8 Å². The van der Waals surface area contributed by atoms with Crippen molar-refractivity contribution in [2.24, 2.45) is 0 Å². The molecule has 1 fully saturated rings. The van der Waals surface area contributed by atoms with E-state index in [1.165, 1.54) is 24.0 Å². The quantitative estimate of drug-likeness (QED) is 0.926. The Hall–Kier alpha value is -2.10. The number of hydrogen-bond acceptors (Lipinski definition) is 2. The lowest BCUT2D eigenvalue weighted by Crippen LogP contribution is -2.28. The van der Waals surface area contributed by atoms with E-state index < -0.39 is 0 Å². The highest BCUT2D eigenvalue weighted by atomic mass is 16.2. The molecule has 1 aliphatic heterocycles. The first-order valence-electron chi connectivity index (χ1n) is 8.21. The first-order chi connectivity index (χ1) is 10.8. The van der Waals surface area contributed by atoms with Crippen molar-refractivity contribution < 1.29 is 4.79 Å². The van der Waals surface area contributed by atoms with Crippen LogP contribution >= 0.6 is 0 Å². The van der Waals surface area contributed by atoms with Crippen LogP contribution in [0.25, 0.3) is 0 Å². The number of H-pyrrole nitrogens is 1. The lowest BCUT2D eigenvalue weighted by Gasteiger charge is -2.20. The minimum absolute atomic E-state index is 0.176. The number of likely N-dealkylation sites (tertiary alicyclic amines) is 1. The Morgan fingerprint density at radius 2 is 2.05 bits per heavy atom. The molecule has 1 aliphatic carbocycles. The van der Waals surface area contributed by atoms with Crippen molar-refractivity contribution in [1.29, 1.82) is 0 Å². The van der Waals surface area contributed by atoms with Gasteiger partial charge in [-0.3, -0.25) is 9.89 Å². The number of aromatic amines is 1. The van der Waals surface area contributed by atoms with Crippen LogP contribution in [0.3, 0.4) is 0 Å². The van der Waals surface area contributed by atoms with Gasteiger partial charge >= 0.3 is 0 Å². The Labute approximate surface area is 130 Å². The number of carbonyl (C=O) groups is 1. The summed E-state index contributed by atoms with van der Waals surface area (Å²) in [7, 11) is 0. The van der Waals surface area contributed by atoms with Crippen molar-refractivity contribution >= 4 is 5.91 Å². The van der Waals surface area contributed by atoms with Gasteiger partial charge in [-0.1, -0.05) is 6.07 Å². The molecule has 1 amide bonds. The SMILES string of the molecule is O=C(c1ccc2c(c1)CCCC2)N1CC[C@@H](c2ccn[nH]2)C1. The zero-order valence-corrected chi connectivity index (χ0v) is 12.7. The molecule has 1 atom stereocenters. The number of nitrogens with zero attached hydrogens (tertiary/aromatic N) is 2. The van der Waals surface area contributed by atoms with E-state index in [-0.39, 0.29) is 5.91 Å². The average Bonchev–Trinajstić information content (AvgIpc) is 3.24. The normalized spacial score (nSPS) is 20.9. The van der Waals surface area contributed by atoms with Gasteiger partial charge < -0.3 is 4.90 Å². The molecule has 0 saturated carbocycles. The van der Waals surface area contributed by atoms with Crippen LogP contribution in [0.2, 0.25) is 0 Å². The fraction of sp³-hybridized carbons (Fsp3) is 0.444. The van der Waals surface area contributed by atoms with Gasteiger partial charge in [0.2, 0.25) is 0 Å². The van der Waals surface area contributed by atoms with Crippen LogP contribution < -0.4 is 0 Å². The molecule has 4 heteroatoms. The maximum Gasteiger partial charge on any atom is 0.253 e. The zero-order valence-electron chi connectivity index (χ0n) is 12.7. The monoisotopic (exact) mass is 295 g/mol. The number of carbonyl (C=O) groups excluding carboxylic acids is 1. The standard InChI is InChI=1S/C18H21N3O/c22-18(15-6-5-13-3-1-2-4-14(13)11-15)21-10-8-16(12-21)17-7-9-19-20-17/h5-7,9,11,16H,1-4,8,10,12H2,(H,19,20)/t16-/m1/s1. The van der Waals surface area contributed by atoms with E-state index in [9.17, 15) is 4.79 Å². The molecule has 0 unspecified atom stereocenters. The average molecular weight is 295 g/mol. The second-order valence-corrected chi connectivity index (χ2v) is 6.44. The highest BCUT2D eigenvalue weighted by Gasteiger charge is 2.29. The van der Waals surface area contributed by atoms with E-state index in [2.05, 4.69) is 22.3 Å². The second-order valence-electron chi connectivity index (χ2n) is 6.44. The number of nitrogens with one attached hydrogen (secondary N) is 1. The molecule has 4 rings (SSSR count). The molecule has 22 heavy (non-hydrogen) atoms.